The molecule has 0 aliphatic heterocycles. The summed E-state index contributed by atoms with van der Waals surface area (Å²) < 4.78 is 14.0. The van der Waals surface area contributed by atoms with Gasteiger partial charge in [-0.3, -0.25) is 9.69 Å². The van der Waals surface area contributed by atoms with Gasteiger partial charge in [0, 0.05) is 31.7 Å². The molecule has 34 heavy (non-hydrogen) atoms. The largest absolute Gasteiger partial charge is 0.478 e. The molecule has 2 N–H and O–H groups in total. The lowest BCUT2D eigenvalue weighted by molar-refractivity contribution is -0.115. The molecule has 2 aromatic carbocycles. The van der Waals surface area contributed by atoms with Gasteiger partial charge in [-0.2, -0.15) is 0 Å². The Bertz CT molecular complexity index is 1120. The fraction of sp³-hybridized carbons (Fsp3) is 0.429. The summed E-state index contributed by atoms with van der Waals surface area (Å²) in [6.45, 7) is 0.688. The SMILES string of the molecule is CNc1cc(F)cc2c1CC(=O)C(CCc1ccc(C(=O)O)cc1CN(C)C1CCCCC1)=C2. The van der Waals surface area contributed by atoms with E-state index in [1.807, 2.05) is 12.1 Å². The first kappa shape index (κ1) is 24.1. The number of aromatic carboxylic acids is 1. The molecular formula is C28H33FN2O3. The van der Waals surface area contributed by atoms with Crippen LogP contribution in [-0.2, 0) is 24.2 Å². The van der Waals surface area contributed by atoms with Crippen molar-refractivity contribution < 1.29 is 19.1 Å². The van der Waals surface area contributed by atoms with Crippen LogP contribution < -0.4 is 5.32 Å². The number of carbonyl (C=O) groups is 2. The fourth-order valence-electron chi connectivity index (χ4n) is 5.30. The number of fused-ring (bicyclic) bond motifs is 1. The lowest BCUT2D eigenvalue weighted by Gasteiger charge is -2.31. The van der Waals surface area contributed by atoms with Gasteiger partial charge in [0.25, 0.3) is 0 Å². The molecule has 1 fully saturated rings. The highest BCUT2D eigenvalue weighted by Gasteiger charge is 2.23. The summed E-state index contributed by atoms with van der Waals surface area (Å²) in [6, 6.07) is 8.72. The zero-order chi connectivity index (χ0) is 24.2. The summed E-state index contributed by atoms with van der Waals surface area (Å²) in [5.41, 5.74) is 5.26. The zero-order valence-electron chi connectivity index (χ0n) is 20.0. The Morgan fingerprint density at radius 2 is 1.88 bits per heavy atom. The maximum absolute atomic E-state index is 14.0. The number of benzene rings is 2. The molecule has 2 aliphatic carbocycles. The summed E-state index contributed by atoms with van der Waals surface area (Å²) in [4.78, 5) is 26.8. The molecule has 5 nitrogen and oxygen atoms in total. The number of aryl methyl sites for hydroxylation is 1. The molecule has 0 saturated heterocycles. The van der Waals surface area contributed by atoms with Crippen LogP contribution in [0.4, 0.5) is 10.1 Å². The van der Waals surface area contributed by atoms with Crippen molar-refractivity contribution in [3.63, 3.8) is 0 Å². The molecule has 0 amide bonds. The van der Waals surface area contributed by atoms with Crippen molar-refractivity contribution in [2.75, 3.05) is 19.4 Å². The van der Waals surface area contributed by atoms with Crippen LogP contribution in [-0.4, -0.2) is 41.9 Å². The van der Waals surface area contributed by atoms with Crippen molar-refractivity contribution in [3.8, 4) is 0 Å². The van der Waals surface area contributed by atoms with Crippen molar-refractivity contribution >= 4 is 23.5 Å². The number of allylic oxidation sites excluding steroid dienone is 1. The molecule has 0 radical (unpaired) electrons. The number of carboxylic acid groups (broad SMARTS) is 1. The molecule has 0 unspecified atom stereocenters. The molecule has 2 aromatic rings. The van der Waals surface area contributed by atoms with Gasteiger partial charge in [0.05, 0.1) is 5.56 Å². The molecule has 0 aromatic heterocycles. The van der Waals surface area contributed by atoms with Gasteiger partial charge in [0.2, 0.25) is 0 Å². The quantitative estimate of drug-likeness (QED) is 0.542. The summed E-state index contributed by atoms with van der Waals surface area (Å²) in [7, 11) is 3.84. The molecule has 4 rings (SSSR count). The highest BCUT2D eigenvalue weighted by molar-refractivity contribution is 6.04. The second kappa shape index (κ2) is 10.5. The van der Waals surface area contributed by atoms with E-state index in [4.69, 9.17) is 0 Å². The van der Waals surface area contributed by atoms with E-state index < -0.39 is 5.97 Å². The van der Waals surface area contributed by atoms with Crippen molar-refractivity contribution in [3.05, 3.63) is 69.5 Å². The number of Topliss-reactive ketones (excluding diaryl/α,β-unsaturated/α-hetero) is 1. The molecule has 0 heterocycles. The first-order valence-corrected chi connectivity index (χ1v) is 12.1. The fourth-order valence-corrected chi connectivity index (χ4v) is 5.30. The standard InChI is InChI=1S/C28H33FN2O3/c1-30-26-15-23(29)14-21-12-19(27(32)16-25(21)26)10-8-18-9-11-20(28(33)34)13-22(18)17-31(2)24-6-4-3-5-7-24/h9,11-15,24,30H,3-8,10,16-17H2,1-2H3,(H,33,34). The van der Waals surface area contributed by atoms with Gasteiger partial charge >= 0.3 is 5.97 Å². The molecule has 0 atom stereocenters. The molecule has 0 spiro atoms. The Morgan fingerprint density at radius 1 is 1.12 bits per heavy atom. The third-order valence-electron chi connectivity index (χ3n) is 7.28. The normalized spacial score (nSPS) is 16.4. The lowest BCUT2D eigenvalue weighted by Crippen LogP contribution is -2.33. The Labute approximate surface area is 200 Å². The third kappa shape index (κ3) is 5.39. The number of ketones is 1. The maximum Gasteiger partial charge on any atom is 0.335 e. The number of carboxylic acids is 1. The highest BCUT2D eigenvalue weighted by Crippen LogP contribution is 2.31. The van der Waals surface area contributed by atoms with Gasteiger partial charge in [0.1, 0.15) is 5.82 Å². The first-order chi connectivity index (χ1) is 16.4. The van der Waals surface area contributed by atoms with Crippen LogP contribution in [0.3, 0.4) is 0 Å². The Kier molecular flexibility index (Phi) is 7.47. The number of nitrogens with one attached hydrogen (secondary N) is 1. The lowest BCUT2D eigenvalue weighted by atomic mass is 9.86. The van der Waals surface area contributed by atoms with Gasteiger partial charge in [0.15, 0.2) is 5.78 Å². The van der Waals surface area contributed by atoms with Crippen molar-refractivity contribution in [1.29, 1.82) is 0 Å². The van der Waals surface area contributed by atoms with E-state index in [-0.39, 0.29) is 23.6 Å². The molecule has 1 saturated carbocycles. The number of rotatable bonds is 8. The van der Waals surface area contributed by atoms with E-state index >= 15 is 0 Å². The smallest absolute Gasteiger partial charge is 0.335 e. The van der Waals surface area contributed by atoms with E-state index in [0.717, 1.165) is 22.3 Å². The topological polar surface area (TPSA) is 69.6 Å². The van der Waals surface area contributed by atoms with Gasteiger partial charge in [-0.05, 0) is 90.9 Å². The minimum absolute atomic E-state index is 0.0543. The number of nitrogens with zero attached hydrogens (tertiary/aromatic N) is 1. The summed E-state index contributed by atoms with van der Waals surface area (Å²) in [5, 5.41) is 12.5. The predicted molar refractivity (Wildman–Crippen MR) is 133 cm³/mol. The van der Waals surface area contributed by atoms with Crippen LogP contribution in [0.15, 0.2) is 35.9 Å². The Balaban J connectivity index is 1.55. The molecule has 6 heteroatoms. The van der Waals surface area contributed by atoms with E-state index in [1.54, 1.807) is 19.2 Å². The average molecular weight is 465 g/mol. The number of anilines is 1. The molecule has 180 valence electrons. The Hall–Kier alpha value is -2.99. The van der Waals surface area contributed by atoms with Crippen LogP contribution >= 0.6 is 0 Å². The summed E-state index contributed by atoms with van der Waals surface area (Å²) in [5.74, 6) is -1.21. The number of halogens is 1. The zero-order valence-corrected chi connectivity index (χ0v) is 20.0. The number of hydrogen-bond acceptors (Lipinski definition) is 4. The first-order valence-electron chi connectivity index (χ1n) is 12.1. The summed E-state index contributed by atoms with van der Waals surface area (Å²) >= 11 is 0. The Morgan fingerprint density at radius 3 is 2.59 bits per heavy atom. The minimum Gasteiger partial charge on any atom is -0.478 e. The van der Waals surface area contributed by atoms with E-state index in [9.17, 15) is 19.1 Å². The second-order valence-electron chi connectivity index (χ2n) is 9.54. The summed E-state index contributed by atoms with van der Waals surface area (Å²) in [6.07, 6.45) is 9.36. The van der Waals surface area contributed by atoms with E-state index in [2.05, 4.69) is 17.3 Å². The third-order valence-corrected chi connectivity index (χ3v) is 7.28. The number of hydrogen-bond donors (Lipinski definition) is 2. The van der Waals surface area contributed by atoms with Gasteiger partial charge in [-0.25, -0.2) is 9.18 Å². The average Bonchev–Trinajstić information content (AvgIpc) is 2.83. The molecule has 0 bridgehead atoms. The second-order valence-corrected chi connectivity index (χ2v) is 9.54. The molecular weight excluding hydrogens is 431 g/mol. The van der Waals surface area contributed by atoms with Crippen LogP contribution in [0, 0.1) is 5.82 Å². The van der Waals surface area contributed by atoms with Crippen molar-refractivity contribution in [1.82, 2.24) is 4.90 Å². The van der Waals surface area contributed by atoms with Crippen molar-refractivity contribution in [2.45, 2.75) is 64.0 Å². The number of carbonyl (C=O) groups excluding carboxylic acids is 1. The van der Waals surface area contributed by atoms with E-state index in [1.165, 1.54) is 44.2 Å². The minimum atomic E-state index is -0.933. The van der Waals surface area contributed by atoms with Gasteiger partial charge in [-0.1, -0.05) is 25.3 Å². The van der Waals surface area contributed by atoms with Gasteiger partial charge < -0.3 is 10.4 Å². The van der Waals surface area contributed by atoms with Crippen LogP contribution in [0.25, 0.3) is 6.08 Å². The highest BCUT2D eigenvalue weighted by atomic mass is 19.1. The van der Waals surface area contributed by atoms with Crippen LogP contribution in [0.2, 0.25) is 0 Å². The van der Waals surface area contributed by atoms with Crippen molar-refractivity contribution in [2.24, 2.45) is 0 Å². The monoisotopic (exact) mass is 464 g/mol. The van der Waals surface area contributed by atoms with E-state index in [0.29, 0.717) is 36.7 Å². The van der Waals surface area contributed by atoms with Gasteiger partial charge in [-0.15, -0.1) is 0 Å². The maximum atomic E-state index is 14.0. The molecule has 2 aliphatic rings. The predicted octanol–water partition coefficient (Wildman–Crippen LogP) is 5.47. The van der Waals surface area contributed by atoms with Crippen LogP contribution in [0.1, 0.15) is 71.1 Å². The van der Waals surface area contributed by atoms with Crippen LogP contribution in [0.5, 0.6) is 0 Å².